The van der Waals surface area contributed by atoms with Gasteiger partial charge in [-0.05, 0) is 18.6 Å². The Kier molecular flexibility index (Phi) is 3.54. The van der Waals surface area contributed by atoms with Crippen LogP contribution in [0.15, 0.2) is 54.1 Å². The highest BCUT2D eigenvalue weighted by atomic mass is 16.3. The number of Topliss-reactive ketones (excluding diaryl/α,β-unsaturated/α-hetero) is 2. The lowest BCUT2D eigenvalue weighted by molar-refractivity contribution is -0.118. The summed E-state index contributed by atoms with van der Waals surface area (Å²) in [6.45, 7) is 1.80. The van der Waals surface area contributed by atoms with E-state index in [1.165, 1.54) is 12.1 Å². The van der Waals surface area contributed by atoms with Crippen LogP contribution in [0.2, 0.25) is 0 Å². The third kappa shape index (κ3) is 2.42. The molecule has 2 N–H and O–H groups in total. The maximum atomic E-state index is 12.4. The minimum absolute atomic E-state index is 0.0995. The average molecular weight is 307 g/mol. The highest BCUT2D eigenvalue weighted by Crippen LogP contribution is 2.28. The number of carbonyl (C=O) groups excluding carboxylic acids is 3. The van der Waals surface area contributed by atoms with Crippen molar-refractivity contribution in [3.63, 3.8) is 0 Å². The van der Waals surface area contributed by atoms with Crippen molar-refractivity contribution >= 4 is 28.9 Å². The molecule has 114 valence electrons. The fourth-order valence-corrected chi connectivity index (χ4v) is 2.47. The molecule has 3 rings (SSSR count). The number of anilines is 1. The van der Waals surface area contributed by atoms with E-state index in [0.717, 1.165) is 5.56 Å². The Morgan fingerprint density at radius 2 is 1.52 bits per heavy atom. The molecule has 0 bridgehead atoms. The molecule has 2 aromatic carbocycles. The summed E-state index contributed by atoms with van der Waals surface area (Å²) in [7, 11) is 0. The van der Waals surface area contributed by atoms with E-state index < -0.39 is 28.8 Å². The van der Waals surface area contributed by atoms with Gasteiger partial charge in [-0.25, -0.2) is 0 Å². The summed E-state index contributed by atoms with van der Waals surface area (Å²) >= 11 is 0. The van der Waals surface area contributed by atoms with E-state index in [2.05, 4.69) is 5.32 Å². The molecule has 0 saturated carbocycles. The van der Waals surface area contributed by atoms with Crippen LogP contribution in [0.1, 0.15) is 21.5 Å². The van der Waals surface area contributed by atoms with Gasteiger partial charge in [0.1, 0.15) is 11.3 Å². The molecule has 23 heavy (non-hydrogen) atoms. The Hall–Kier alpha value is -3.21. The smallest absolute Gasteiger partial charge is 0.263 e. The van der Waals surface area contributed by atoms with Crippen molar-refractivity contribution in [2.45, 2.75) is 6.92 Å². The number of aliphatic hydroxyl groups is 1. The summed E-state index contributed by atoms with van der Waals surface area (Å²) in [5.74, 6) is -3.08. The van der Waals surface area contributed by atoms with E-state index in [-0.39, 0.29) is 11.1 Å². The summed E-state index contributed by atoms with van der Waals surface area (Å²) in [5.41, 5.74) is 1.07. The van der Waals surface area contributed by atoms with Gasteiger partial charge in [0.15, 0.2) is 0 Å². The zero-order valence-electron chi connectivity index (χ0n) is 12.3. The number of hydrogen-bond acceptors (Lipinski definition) is 4. The molecule has 0 heterocycles. The van der Waals surface area contributed by atoms with E-state index in [1.807, 2.05) is 6.07 Å². The summed E-state index contributed by atoms with van der Waals surface area (Å²) in [5, 5.41) is 12.8. The van der Waals surface area contributed by atoms with Gasteiger partial charge in [0.2, 0.25) is 11.6 Å². The molecule has 0 saturated heterocycles. The Morgan fingerprint density at radius 3 is 2.22 bits per heavy atom. The Labute approximate surface area is 132 Å². The third-order valence-corrected chi connectivity index (χ3v) is 3.72. The minimum atomic E-state index is -1.01. The van der Waals surface area contributed by atoms with E-state index >= 15 is 0 Å². The second-order valence-electron chi connectivity index (χ2n) is 5.20. The fraction of sp³-hybridized carbons (Fsp3) is 0.0556. The number of aliphatic hydroxyl groups excluding tert-OH is 1. The molecule has 5 nitrogen and oxygen atoms in total. The van der Waals surface area contributed by atoms with Crippen molar-refractivity contribution in [1.29, 1.82) is 0 Å². The Bertz CT molecular complexity index is 880. The molecular formula is C18H13NO4. The lowest BCUT2D eigenvalue weighted by Gasteiger charge is -2.17. The highest BCUT2D eigenvalue weighted by molar-refractivity contribution is 6.57. The summed E-state index contributed by atoms with van der Waals surface area (Å²) in [6.07, 6.45) is 0. The fourth-order valence-electron chi connectivity index (χ4n) is 2.47. The number of hydrogen-bond donors (Lipinski definition) is 2. The molecule has 0 unspecified atom stereocenters. The number of aryl methyl sites for hydroxylation is 1. The van der Waals surface area contributed by atoms with E-state index in [0.29, 0.717) is 5.69 Å². The number of fused-ring (bicyclic) bond motifs is 1. The quantitative estimate of drug-likeness (QED) is 0.660. The Balaban J connectivity index is 2.05. The van der Waals surface area contributed by atoms with E-state index in [4.69, 9.17) is 0 Å². The molecule has 1 amide bonds. The number of carbonyl (C=O) groups is 3. The monoisotopic (exact) mass is 307 g/mol. The van der Waals surface area contributed by atoms with Gasteiger partial charge in [0, 0.05) is 16.8 Å². The van der Waals surface area contributed by atoms with Gasteiger partial charge >= 0.3 is 0 Å². The highest BCUT2D eigenvalue weighted by Gasteiger charge is 2.36. The molecule has 1 aliphatic carbocycles. The largest absolute Gasteiger partial charge is 0.506 e. The second kappa shape index (κ2) is 5.53. The van der Waals surface area contributed by atoms with Crippen LogP contribution in [-0.2, 0) is 9.59 Å². The first-order chi connectivity index (χ1) is 11.0. The van der Waals surface area contributed by atoms with Crippen LogP contribution in [0, 0.1) is 6.92 Å². The average Bonchev–Trinajstić information content (AvgIpc) is 2.55. The molecule has 5 heteroatoms. The molecule has 0 aliphatic heterocycles. The predicted octanol–water partition coefficient (Wildman–Crippen LogP) is 2.67. The third-order valence-electron chi connectivity index (χ3n) is 3.72. The molecule has 1 aliphatic rings. The zero-order valence-corrected chi connectivity index (χ0v) is 12.3. The van der Waals surface area contributed by atoms with Crippen molar-refractivity contribution in [3.8, 4) is 0 Å². The van der Waals surface area contributed by atoms with Crippen molar-refractivity contribution in [1.82, 2.24) is 0 Å². The van der Waals surface area contributed by atoms with Crippen LogP contribution in [0.5, 0.6) is 0 Å². The van der Waals surface area contributed by atoms with Gasteiger partial charge < -0.3 is 10.4 Å². The van der Waals surface area contributed by atoms with Gasteiger partial charge in [0.05, 0.1) is 0 Å². The zero-order chi connectivity index (χ0) is 16.6. The molecular weight excluding hydrogens is 294 g/mol. The van der Waals surface area contributed by atoms with E-state index in [1.54, 1.807) is 37.3 Å². The lowest BCUT2D eigenvalue weighted by Crippen LogP contribution is -2.31. The first-order valence-electron chi connectivity index (χ1n) is 6.99. The van der Waals surface area contributed by atoms with E-state index in [9.17, 15) is 19.5 Å². The standard InChI is InChI=1S/C18H13NO4/c1-10-6-2-5-9-13(10)19-18(23)14-15(20)11-7-3-4-8-12(11)16(21)17(14)22/h2-9,20H,1H3,(H,19,23). The van der Waals surface area contributed by atoms with Gasteiger partial charge in [-0.3, -0.25) is 14.4 Å². The summed E-state index contributed by atoms with van der Waals surface area (Å²) < 4.78 is 0. The van der Waals surface area contributed by atoms with Crippen LogP contribution < -0.4 is 5.32 Å². The molecule has 0 atom stereocenters. The van der Waals surface area contributed by atoms with Crippen LogP contribution in [0.25, 0.3) is 5.76 Å². The van der Waals surface area contributed by atoms with Crippen molar-refractivity contribution in [3.05, 3.63) is 70.8 Å². The number of nitrogens with one attached hydrogen (secondary N) is 1. The maximum Gasteiger partial charge on any atom is 0.263 e. The summed E-state index contributed by atoms with van der Waals surface area (Å²) in [6, 6.07) is 13.2. The number of amides is 1. The van der Waals surface area contributed by atoms with Gasteiger partial charge in [-0.1, -0.05) is 42.5 Å². The van der Waals surface area contributed by atoms with Crippen molar-refractivity contribution < 1.29 is 19.5 Å². The molecule has 0 spiro atoms. The number of rotatable bonds is 2. The Morgan fingerprint density at radius 1 is 0.913 bits per heavy atom. The normalized spacial score (nSPS) is 13.8. The number of benzene rings is 2. The van der Waals surface area contributed by atoms with Gasteiger partial charge in [0.25, 0.3) is 5.91 Å². The van der Waals surface area contributed by atoms with Gasteiger partial charge in [-0.15, -0.1) is 0 Å². The predicted molar refractivity (Wildman–Crippen MR) is 85.1 cm³/mol. The number of para-hydroxylation sites is 1. The first kappa shape index (κ1) is 14.7. The second-order valence-corrected chi connectivity index (χ2v) is 5.20. The SMILES string of the molecule is Cc1ccccc1NC(=O)C1=C(O)c2ccccc2C(=O)C1=O. The topological polar surface area (TPSA) is 83.5 Å². The summed E-state index contributed by atoms with van der Waals surface area (Å²) in [4.78, 5) is 36.7. The first-order valence-corrected chi connectivity index (χ1v) is 6.99. The van der Waals surface area contributed by atoms with Crippen molar-refractivity contribution in [2.75, 3.05) is 5.32 Å². The van der Waals surface area contributed by atoms with Crippen LogP contribution >= 0.6 is 0 Å². The van der Waals surface area contributed by atoms with Gasteiger partial charge in [-0.2, -0.15) is 0 Å². The van der Waals surface area contributed by atoms with Crippen LogP contribution in [0.3, 0.4) is 0 Å². The molecule has 0 radical (unpaired) electrons. The maximum absolute atomic E-state index is 12.4. The van der Waals surface area contributed by atoms with Crippen LogP contribution in [-0.4, -0.2) is 22.6 Å². The lowest BCUT2D eigenvalue weighted by atomic mass is 9.88. The minimum Gasteiger partial charge on any atom is -0.506 e. The molecule has 2 aromatic rings. The van der Waals surface area contributed by atoms with Crippen LogP contribution in [0.4, 0.5) is 5.69 Å². The van der Waals surface area contributed by atoms with Crippen molar-refractivity contribution in [2.24, 2.45) is 0 Å². The molecule has 0 aromatic heterocycles. The molecule has 0 fully saturated rings. The number of ketones is 2.